The lowest BCUT2D eigenvalue weighted by atomic mass is 9.96. The third-order valence-corrected chi connectivity index (χ3v) is 5.10. The van der Waals surface area contributed by atoms with Crippen LogP contribution in [0.5, 0.6) is 0 Å². The first-order chi connectivity index (χ1) is 9.16. The van der Waals surface area contributed by atoms with E-state index in [-0.39, 0.29) is 12.1 Å². The first-order valence-electron chi connectivity index (χ1n) is 7.13. The Kier molecular flexibility index (Phi) is 4.18. The third kappa shape index (κ3) is 2.99. The lowest BCUT2D eigenvalue weighted by molar-refractivity contribution is 0.175. The van der Waals surface area contributed by atoms with Crippen LogP contribution in [0.1, 0.15) is 43.7 Å². The Hall–Kier alpha value is -0.0900. The maximum Gasteiger partial charge on any atom is 0.0517 e. The minimum absolute atomic E-state index is 0.190. The van der Waals surface area contributed by atoms with Crippen molar-refractivity contribution in [2.45, 2.75) is 50.2 Å². The monoisotopic (exact) mass is 342 g/mol. The highest BCUT2D eigenvalue weighted by molar-refractivity contribution is 9.10. The molecule has 1 aromatic carbocycles. The molecule has 1 saturated carbocycles. The van der Waals surface area contributed by atoms with Gasteiger partial charge in [0.15, 0.2) is 0 Å². The van der Waals surface area contributed by atoms with Crippen molar-refractivity contribution in [1.82, 2.24) is 4.90 Å². The summed E-state index contributed by atoms with van der Waals surface area (Å²) in [6.45, 7) is 1.16. The van der Waals surface area contributed by atoms with Crippen LogP contribution in [0.4, 0.5) is 0 Å². The van der Waals surface area contributed by atoms with E-state index in [2.05, 4.69) is 26.9 Å². The number of halogens is 2. The molecule has 1 aliphatic heterocycles. The summed E-state index contributed by atoms with van der Waals surface area (Å²) in [5.74, 6) is 0. The van der Waals surface area contributed by atoms with E-state index in [1.165, 1.54) is 31.2 Å². The summed E-state index contributed by atoms with van der Waals surface area (Å²) in [4.78, 5) is 2.60. The zero-order valence-corrected chi connectivity index (χ0v) is 13.3. The maximum atomic E-state index is 6.47. The number of rotatable bonds is 2. The van der Waals surface area contributed by atoms with Gasteiger partial charge in [-0.2, -0.15) is 0 Å². The van der Waals surface area contributed by atoms with E-state index in [0.29, 0.717) is 0 Å². The van der Waals surface area contributed by atoms with Gasteiger partial charge in [0.05, 0.1) is 6.04 Å². The van der Waals surface area contributed by atoms with Crippen LogP contribution in [-0.2, 0) is 0 Å². The van der Waals surface area contributed by atoms with Crippen LogP contribution in [0.2, 0.25) is 5.02 Å². The van der Waals surface area contributed by atoms with Crippen LogP contribution < -0.4 is 5.73 Å². The van der Waals surface area contributed by atoms with E-state index in [1.54, 1.807) is 0 Å². The Balaban J connectivity index is 1.98. The van der Waals surface area contributed by atoms with Gasteiger partial charge in [-0.25, -0.2) is 0 Å². The van der Waals surface area contributed by atoms with Crippen molar-refractivity contribution in [3.05, 3.63) is 33.3 Å². The third-order valence-electron chi connectivity index (χ3n) is 4.26. The van der Waals surface area contributed by atoms with Gasteiger partial charge in [0.2, 0.25) is 0 Å². The molecule has 1 aliphatic carbocycles. The number of hydrogen-bond acceptors (Lipinski definition) is 2. The van der Waals surface area contributed by atoms with Crippen molar-refractivity contribution in [2.24, 2.45) is 5.73 Å². The Bertz CT molecular complexity index is 461. The van der Waals surface area contributed by atoms with Gasteiger partial charge in [-0.1, -0.05) is 34.0 Å². The van der Waals surface area contributed by atoms with Gasteiger partial charge in [-0.05, 0) is 56.0 Å². The molecule has 1 aromatic rings. The second-order valence-corrected chi connectivity index (χ2v) is 7.06. The van der Waals surface area contributed by atoms with Gasteiger partial charge in [0.1, 0.15) is 0 Å². The normalized spacial score (nSPS) is 29.2. The molecule has 2 fully saturated rings. The number of benzene rings is 1. The predicted octanol–water partition coefficient (Wildman–Crippen LogP) is 4.12. The molecule has 1 heterocycles. The molecule has 0 radical (unpaired) electrons. The van der Waals surface area contributed by atoms with Crippen LogP contribution in [-0.4, -0.2) is 23.5 Å². The average molecular weight is 344 g/mol. The minimum atomic E-state index is 0.190. The highest BCUT2D eigenvalue weighted by Crippen LogP contribution is 2.41. The number of nitrogens with two attached hydrogens (primary N) is 1. The summed E-state index contributed by atoms with van der Waals surface area (Å²) in [5, 5.41) is 0.844. The van der Waals surface area contributed by atoms with Crippen LogP contribution >= 0.6 is 27.5 Å². The molecule has 0 spiro atoms. The molecule has 4 heteroatoms. The Morgan fingerprint density at radius 2 is 2.00 bits per heavy atom. The van der Waals surface area contributed by atoms with Gasteiger partial charge in [-0.15, -0.1) is 0 Å². The fraction of sp³-hybridized carbons (Fsp3) is 0.600. The van der Waals surface area contributed by atoms with Gasteiger partial charge in [0.25, 0.3) is 0 Å². The number of likely N-dealkylation sites (tertiary alicyclic amines) is 1. The highest BCUT2D eigenvalue weighted by Gasteiger charge is 2.38. The lowest BCUT2D eigenvalue weighted by Crippen LogP contribution is -2.41. The maximum absolute atomic E-state index is 6.47. The summed E-state index contributed by atoms with van der Waals surface area (Å²) in [5.41, 5.74) is 7.66. The Morgan fingerprint density at radius 1 is 1.21 bits per heavy atom. The van der Waals surface area contributed by atoms with Crippen molar-refractivity contribution in [3.8, 4) is 0 Å². The van der Waals surface area contributed by atoms with Crippen molar-refractivity contribution in [2.75, 3.05) is 6.54 Å². The second-order valence-electron chi connectivity index (χ2n) is 5.74. The molecule has 0 aromatic heterocycles. The lowest BCUT2D eigenvalue weighted by Gasteiger charge is -2.34. The van der Waals surface area contributed by atoms with E-state index in [9.17, 15) is 0 Å². The summed E-state index contributed by atoms with van der Waals surface area (Å²) >= 11 is 9.99. The van der Waals surface area contributed by atoms with E-state index in [4.69, 9.17) is 17.3 Å². The molecule has 19 heavy (non-hydrogen) atoms. The highest BCUT2D eigenvalue weighted by atomic mass is 79.9. The zero-order valence-electron chi connectivity index (χ0n) is 11.0. The van der Waals surface area contributed by atoms with Crippen molar-refractivity contribution in [1.29, 1.82) is 0 Å². The Morgan fingerprint density at radius 3 is 2.74 bits per heavy atom. The van der Waals surface area contributed by atoms with Crippen LogP contribution in [0.3, 0.4) is 0 Å². The SMILES string of the molecule is NC1CCCCN(C2CC2)C1c1cc(Br)ccc1Cl. The van der Waals surface area contributed by atoms with E-state index in [1.807, 2.05) is 12.1 Å². The van der Waals surface area contributed by atoms with Crippen molar-refractivity contribution < 1.29 is 0 Å². The van der Waals surface area contributed by atoms with Crippen molar-refractivity contribution in [3.63, 3.8) is 0 Å². The Labute approximate surface area is 128 Å². The molecule has 3 rings (SSSR count). The van der Waals surface area contributed by atoms with E-state index in [0.717, 1.165) is 28.5 Å². The molecule has 1 saturated heterocycles. The first-order valence-corrected chi connectivity index (χ1v) is 8.30. The summed E-state index contributed by atoms with van der Waals surface area (Å²) in [6.07, 6.45) is 6.21. The molecule has 2 unspecified atom stereocenters. The van der Waals surface area contributed by atoms with Crippen molar-refractivity contribution >= 4 is 27.5 Å². The molecule has 2 atom stereocenters. The molecular weight excluding hydrogens is 324 g/mol. The van der Waals surface area contributed by atoms with Gasteiger partial charge in [-0.3, -0.25) is 4.90 Å². The quantitative estimate of drug-likeness (QED) is 0.875. The fourth-order valence-corrected chi connectivity index (χ4v) is 3.79. The topological polar surface area (TPSA) is 29.3 Å². The summed E-state index contributed by atoms with van der Waals surface area (Å²) in [6, 6.07) is 7.31. The molecule has 2 aliphatic rings. The molecular formula is C15H20BrClN2. The zero-order chi connectivity index (χ0) is 13.4. The average Bonchev–Trinajstić information content (AvgIpc) is 3.19. The van der Waals surface area contributed by atoms with Crippen LogP contribution in [0, 0.1) is 0 Å². The molecule has 0 amide bonds. The molecule has 2 N–H and O–H groups in total. The number of nitrogens with zero attached hydrogens (tertiary/aromatic N) is 1. The smallest absolute Gasteiger partial charge is 0.0517 e. The second kappa shape index (κ2) is 5.72. The molecule has 104 valence electrons. The predicted molar refractivity (Wildman–Crippen MR) is 83.4 cm³/mol. The summed E-state index contributed by atoms with van der Waals surface area (Å²) in [7, 11) is 0. The van der Waals surface area contributed by atoms with Gasteiger partial charge in [0, 0.05) is 21.6 Å². The van der Waals surface area contributed by atoms with Gasteiger partial charge >= 0.3 is 0 Å². The van der Waals surface area contributed by atoms with Crippen LogP contribution in [0.15, 0.2) is 22.7 Å². The molecule has 2 nitrogen and oxygen atoms in total. The first kappa shape index (κ1) is 13.9. The summed E-state index contributed by atoms with van der Waals surface area (Å²) < 4.78 is 1.08. The molecule has 0 bridgehead atoms. The minimum Gasteiger partial charge on any atom is -0.326 e. The largest absolute Gasteiger partial charge is 0.326 e. The van der Waals surface area contributed by atoms with Gasteiger partial charge < -0.3 is 5.73 Å². The van der Waals surface area contributed by atoms with Crippen LogP contribution in [0.25, 0.3) is 0 Å². The number of hydrogen-bond donors (Lipinski definition) is 1. The van der Waals surface area contributed by atoms with E-state index >= 15 is 0 Å². The fourth-order valence-electron chi connectivity index (χ4n) is 3.18. The van der Waals surface area contributed by atoms with E-state index < -0.39 is 0 Å². The standard InChI is InChI=1S/C15H20BrClN2/c16-10-4-7-13(17)12(9-10)15-14(18)3-1-2-8-19(15)11-5-6-11/h4,7,9,11,14-15H,1-3,5-6,8,18H2.